The summed E-state index contributed by atoms with van der Waals surface area (Å²) in [6, 6.07) is 0. The van der Waals surface area contributed by atoms with Crippen molar-refractivity contribution in [3.63, 3.8) is 0 Å². The topological polar surface area (TPSA) is 29.9 Å². The lowest BCUT2D eigenvalue weighted by Crippen LogP contribution is -2.07. The van der Waals surface area contributed by atoms with E-state index >= 15 is 0 Å². The second kappa shape index (κ2) is 2.64. The molecule has 0 bridgehead atoms. The molecule has 0 unspecified atom stereocenters. The predicted octanol–water partition coefficient (Wildman–Crippen LogP) is 0.301. The van der Waals surface area contributed by atoms with Crippen molar-refractivity contribution < 1.29 is 0 Å². The zero-order valence-corrected chi connectivity index (χ0v) is 5.46. The van der Waals surface area contributed by atoms with Crippen molar-refractivity contribution in [3.8, 4) is 0 Å². The average molecular weight is 124 g/mol. The minimum atomic E-state index is 0.726. The fourth-order valence-electron chi connectivity index (χ4n) is 0.679. The molecule has 1 radical (unpaired) electrons. The van der Waals surface area contributed by atoms with E-state index in [1.807, 2.05) is 17.8 Å². The first kappa shape index (κ1) is 6.29. The number of hydrogen-bond acceptors (Lipinski definition) is 2. The van der Waals surface area contributed by atoms with Gasteiger partial charge in [-0.2, -0.15) is 0 Å². The van der Waals surface area contributed by atoms with Crippen LogP contribution in [0.2, 0.25) is 0 Å². The van der Waals surface area contributed by atoms with Gasteiger partial charge in [0.1, 0.15) is 5.82 Å². The standard InChI is InChI=1S/C6H10N3/c1-7-5-6-8-3-4-9(6)2/h3-4,7H,1,5H2,2H3. The zero-order chi connectivity index (χ0) is 6.69. The molecule has 1 heterocycles. The predicted molar refractivity (Wildman–Crippen MR) is 35.4 cm³/mol. The van der Waals surface area contributed by atoms with Gasteiger partial charge in [0.15, 0.2) is 0 Å². The van der Waals surface area contributed by atoms with Crippen molar-refractivity contribution in [1.82, 2.24) is 14.9 Å². The Hall–Kier alpha value is -0.830. The van der Waals surface area contributed by atoms with E-state index in [1.165, 1.54) is 0 Å². The molecule has 1 N–H and O–H groups in total. The van der Waals surface area contributed by atoms with Crippen molar-refractivity contribution in [3.05, 3.63) is 25.3 Å². The highest BCUT2D eigenvalue weighted by atomic mass is 15.1. The second-order valence-corrected chi connectivity index (χ2v) is 1.88. The van der Waals surface area contributed by atoms with E-state index in [9.17, 15) is 0 Å². The number of nitrogens with one attached hydrogen (secondary N) is 1. The Bertz CT molecular complexity index is 180. The highest BCUT2D eigenvalue weighted by Gasteiger charge is 1.93. The van der Waals surface area contributed by atoms with Gasteiger partial charge in [-0.3, -0.25) is 0 Å². The van der Waals surface area contributed by atoms with Crippen LogP contribution in [-0.4, -0.2) is 9.55 Å². The highest BCUT2D eigenvalue weighted by Crippen LogP contribution is 1.91. The molecule has 0 aromatic carbocycles. The van der Waals surface area contributed by atoms with Gasteiger partial charge >= 0.3 is 0 Å². The van der Waals surface area contributed by atoms with Crippen LogP contribution in [-0.2, 0) is 13.6 Å². The van der Waals surface area contributed by atoms with Crippen molar-refractivity contribution >= 4 is 0 Å². The Labute approximate surface area is 54.7 Å². The van der Waals surface area contributed by atoms with Gasteiger partial charge in [0.2, 0.25) is 0 Å². The fourth-order valence-corrected chi connectivity index (χ4v) is 0.679. The molecular formula is C6H10N3. The van der Waals surface area contributed by atoms with Gasteiger partial charge in [0, 0.05) is 26.5 Å². The molecule has 0 amide bonds. The number of nitrogens with zero attached hydrogens (tertiary/aromatic N) is 2. The molecule has 0 aliphatic rings. The monoisotopic (exact) mass is 124 g/mol. The molecule has 49 valence electrons. The maximum absolute atomic E-state index is 4.07. The molecule has 0 saturated carbocycles. The molecule has 0 spiro atoms. The van der Waals surface area contributed by atoms with Crippen molar-refractivity contribution in [2.75, 3.05) is 0 Å². The first-order valence-electron chi connectivity index (χ1n) is 2.80. The summed E-state index contributed by atoms with van der Waals surface area (Å²) in [7, 11) is 5.46. The third-order valence-corrected chi connectivity index (χ3v) is 1.20. The van der Waals surface area contributed by atoms with E-state index in [0.29, 0.717) is 0 Å². The maximum Gasteiger partial charge on any atom is 0.122 e. The highest BCUT2D eigenvalue weighted by molar-refractivity contribution is 4.89. The van der Waals surface area contributed by atoms with Crippen LogP contribution in [0.3, 0.4) is 0 Å². The fraction of sp³-hybridized carbons (Fsp3) is 0.333. The van der Waals surface area contributed by atoms with Gasteiger partial charge in [-0.25, -0.2) is 4.98 Å². The summed E-state index contributed by atoms with van der Waals surface area (Å²) in [6.45, 7) is 0.726. The number of rotatable bonds is 2. The number of aryl methyl sites for hydroxylation is 1. The first-order chi connectivity index (χ1) is 4.34. The Kier molecular flexibility index (Phi) is 1.85. The Morgan fingerprint density at radius 3 is 3.11 bits per heavy atom. The lowest BCUT2D eigenvalue weighted by Gasteiger charge is -1.97. The molecule has 0 aliphatic heterocycles. The smallest absolute Gasteiger partial charge is 0.122 e. The Morgan fingerprint density at radius 1 is 1.89 bits per heavy atom. The normalized spacial score (nSPS) is 10.0. The molecule has 1 rings (SSSR count). The van der Waals surface area contributed by atoms with Crippen LogP contribution in [0.5, 0.6) is 0 Å². The number of hydrogen-bond donors (Lipinski definition) is 1. The van der Waals surface area contributed by atoms with E-state index < -0.39 is 0 Å². The Morgan fingerprint density at radius 2 is 2.67 bits per heavy atom. The van der Waals surface area contributed by atoms with Crippen LogP contribution in [0, 0.1) is 7.05 Å². The van der Waals surface area contributed by atoms with Gasteiger partial charge in [-0.15, -0.1) is 0 Å². The van der Waals surface area contributed by atoms with E-state index in [1.54, 1.807) is 6.20 Å². The van der Waals surface area contributed by atoms with Crippen LogP contribution < -0.4 is 5.32 Å². The SMILES string of the molecule is [CH2]NCc1nccn1C. The molecule has 1 aromatic rings. The van der Waals surface area contributed by atoms with Gasteiger partial charge < -0.3 is 9.88 Å². The van der Waals surface area contributed by atoms with E-state index in [2.05, 4.69) is 17.3 Å². The van der Waals surface area contributed by atoms with E-state index in [-0.39, 0.29) is 0 Å². The van der Waals surface area contributed by atoms with E-state index in [0.717, 1.165) is 12.4 Å². The summed E-state index contributed by atoms with van der Waals surface area (Å²) in [6.07, 6.45) is 3.68. The van der Waals surface area contributed by atoms with Crippen molar-refractivity contribution in [2.24, 2.45) is 7.05 Å². The zero-order valence-electron chi connectivity index (χ0n) is 5.46. The summed E-state index contributed by atoms with van der Waals surface area (Å²) < 4.78 is 1.96. The molecule has 1 aromatic heterocycles. The van der Waals surface area contributed by atoms with Gasteiger partial charge in [-0.1, -0.05) is 0 Å². The molecule has 0 fully saturated rings. The van der Waals surface area contributed by atoms with Crippen LogP contribution in [0.15, 0.2) is 12.4 Å². The summed E-state index contributed by atoms with van der Waals surface area (Å²) in [4.78, 5) is 4.07. The van der Waals surface area contributed by atoms with Crippen molar-refractivity contribution in [2.45, 2.75) is 6.54 Å². The summed E-state index contributed by atoms with van der Waals surface area (Å²) in [5, 5.41) is 2.78. The molecule has 0 aliphatic carbocycles. The summed E-state index contributed by atoms with van der Waals surface area (Å²) in [5.74, 6) is 1.00. The molecule has 9 heavy (non-hydrogen) atoms. The van der Waals surface area contributed by atoms with Crippen LogP contribution in [0.4, 0.5) is 0 Å². The van der Waals surface area contributed by atoms with Crippen LogP contribution in [0.25, 0.3) is 0 Å². The molecule has 0 atom stereocenters. The minimum absolute atomic E-state index is 0.726. The summed E-state index contributed by atoms with van der Waals surface area (Å²) >= 11 is 0. The third kappa shape index (κ3) is 1.29. The molecule has 0 saturated heterocycles. The van der Waals surface area contributed by atoms with Gasteiger partial charge in [0.05, 0.1) is 6.54 Å². The second-order valence-electron chi connectivity index (χ2n) is 1.88. The maximum atomic E-state index is 4.07. The lowest BCUT2D eigenvalue weighted by atomic mass is 10.6. The van der Waals surface area contributed by atoms with E-state index in [4.69, 9.17) is 0 Å². The minimum Gasteiger partial charge on any atom is -0.337 e. The largest absolute Gasteiger partial charge is 0.337 e. The molecule has 3 nitrogen and oxygen atoms in total. The van der Waals surface area contributed by atoms with Crippen LogP contribution >= 0.6 is 0 Å². The van der Waals surface area contributed by atoms with Crippen molar-refractivity contribution in [1.29, 1.82) is 0 Å². The average Bonchev–Trinajstić information content (AvgIpc) is 2.18. The third-order valence-electron chi connectivity index (χ3n) is 1.20. The van der Waals surface area contributed by atoms with Crippen LogP contribution in [0.1, 0.15) is 5.82 Å². The molecule has 3 heteroatoms. The molecular weight excluding hydrogens is 114 g/mol. The quantitative estimate of drug-likeness (QED) is 0.614. The summed E-state index contributed by atoms with van der Waals surface area (Å²) in [5.41, 5.74) is 0. The number of aromatic nitrogens is 2. The first-order valence-corrected chi connectivity index (χ1v) is 2.80. The lowest BCUT2D eigenvalue weighted by molar-refractivity contribution is 0.731. The van der Waals surface area contributed by atoms with Gasteiger partial charge in [-0.05, 0) is 0 Å². The Balaban J connectivity index is 2.69. The van der Waals surface area contributed by atoms with Gasteiger partial charge in [0.25, 0.3) is 0 Å². The number of imidazole rings is 1.